The summed E-state index contributed by atoms with van der Waals surface area (Å²) in [6, 6.07) is 60.2. The zero-order valence-corrected chi connectivity index (χ0v) is 39.2. The van der Waals surface area contributed by atoms with Crippen LogP contribution >= 0.6 is 0 Å². The Hall–Kier alpha value is -8.57. The summed E-state index contributed by atoms with van der Waals surface area (Å²) in [6.07, 6.45) is 24.5. The van der Waals surface area contributed by atoms with Crippen molar-refractivity contribution in [1.82, 2.24) is 0 Å². The minimum absolute atomic E-state index is 0.0468. The molecule has 0 aromatic heterocycles. The van der Waals surface area contributed by atoms with Gasteiger partial charge in [0.2, 0.25) is 0 Å². The van der Waals surface area contributed by atoms with Crippen LogP contribution in [-0.2, 0) is 6.42 Å². The molecule has 5 aliphatic rings. The Morgan fingerprint density at radius 3 is 2.03 bits per heavy atom. The lowest BCUT2D eigenvalue weighted by Gasteiger charge is -2.35. The molecule has 13 rings (SSSR count). The van der Waals surface area contributed by atoms with Crippen LogP contribution < -0.4 is 10.4 Å². The second kappa shape index (κ2) is 17.2. The van der Waals surface area contributed by atoms with E-state index in [1.54, 1.807) is 0 Å². The van der Waals surface area contributed by atoms with Gasteiger partial charge in [0.15, 0.2) is 0 Å². The molecular weight excluding hydrogens is 843 g/mol. The van der Waals surface area contributed by atoms with Gasteiger partial charge in [-0.05, 0) is 153 Å². The number of hydrogen-bond acceptors (Lipinski definition) is 1. The highest BCUT2D eigenvalue weighted by Crippen LogP contribution is 2.49. The largest absolute Gasteiger partial charge is 0.253 e. The average molecular weight is 892 g/mol. The first kappa shape index (κ1) is 41.6. The van der Waals surface area contributed by atoms with Gasteiger partial charge in [0.25, 0.3) is 0 Å². The highest BCUT2D eigenvalue weighted by atomic mass is 14.8. The number of para-hydroxylation sites is 1. The zero-order chi connectivity index (χ0) is 46.7. The average Bonchev–Trinajstić information content (AvgIpc) is 3.42. The van der Waals surface area contributed by atoms with E-state index in [1.807, 2.05) is 0 Å². The van der Waals surface area contributed by atoms with E-state index in [9.17, 15) is 0 Å². The summed E-state index contributed by atoms with van der Waals surface area (Å²) in [7, 11) is 0. The molecule has 70 heavy (non-hydrogen) atoms. The number of nitrogens with zero attached hydrogens (tertiary/aromatic N) is 1. The maximum absolute atomic E-state index is 5.38. The lowest BCUT2D eigenvalue weighted by Crippen LogP contribution is -2.40. The summed E-state index contributed by atoms with van der Waals surface area (Å²) in [6.45, 7) is 7.50. The van der Waals surface area contributed by atoms with E-state index in [0.717, 1.165) is 52.1 Å². The van der Waals surface area contributed by atoms with Gasteiger partial charge in [-0.1, -0.05) is 219 Å². The molecule has 2 unspecified atom stereocenters. The molecule has 1 aliphatic heterocycles. The van der Waals surface area contributed by atoms with Gasteiger partial charge in [0.1, 0.15) is 0 Å². The van der Waals surface area contributed by atoms with E-state index >= 15 is 0 Å². The third-order valence-electron chi connectivity index (χ3n) is 15.2. The lowest BCUT2D eigenvalue weighted by atomic mass is 9.68. The van der Waals surface area contributed by atoms with Crippen LogP contribution in [0, 0.1) is 17.8 Å². The molecule has 0 saturated heterocycles. The Morgan fingerprint density at radius 1 is 0.571 bits per heavy atom. The highest BCUT2D eigenvalue weighted by Gasteiger charge is 2.35. The van der Waals surface area contributed by atoms with E-state index < -0.39 is 0 Å². The quantitative estimate of drug-likeness (QED) is 0.141. The summed E-state index contributed by atoms with van der Waals surface area (Å²) in [5, 5.41) is 7.36. The molecule has 0 bridgehead atoms. The van der Waals surface area contributed by atoms with Crippen LogP contribution in [0.2, 0.25) is 0 Å². The van der Waals surface area contributed by atoms with Crippen LogP contribution in [0.3, 0.4) is 0 Å². The predicted molar refractivity (Wildman–Crippen MR) is 296 cm³/mol. The molecule has 0 saturated carbocycles. The summed E-state index contributed by atoms with van der Waals surface area (Å²) in [4.78, 5) is 5.38. The maximum Gasteiger partial charge on any atom is 0.0665 e. The Morgan fingerprint density at radius 2 is 1.21 bits per heavy atom. The molecule has 8 aromatic rings. The van der Waals surface area contributed by atoms with E-state index in [0.29, 0.717) is 0 Å². The van der Waals surface area contributed by atoms with Crippen LogP contribution in [0.4, 0.5) is 5.69 Å². The Balaban J connectivity index is 1.07. The molecule has 8 aromatic carbocycles. The molecular formula is C69H49N. The number of fused-ring (bicyclic) bond motifs is 6. The second-order valence-corrected chi connectivity index (χ2v) is 19.1. The zero-order valence-electron chi connectivity index (χ0n) is 39.2. The third-order valence-corrected chi connectivity index (χ3v) is 15.2. The summed E-state index contributed by atoms with van der Waals surface area (Å²) in [5.74, 6) is 0.282. The monoisotopic (exact) mass is 891 g/mol. The standard InChI is InChI=1S/C69H49N/c1-44-22-6-10-28-50(44)68(69-59-37-19-17-35-57(59)67(58-36-18-20-38-60(58)69)64-41-40-47-25-9-21-39-63(47)70-64)52-30-12-11-29-51(52)45(2)65-53-31-13-15-33-55(53)66(56-34-16-14-32-54(56)65)62-43-49-27-8-7-26-48(49)42-61(62)46-23-4-3-5-24-46/h3-17,19,21-39,42-44,53,55H,2,40-41H2,1H3/b68-50+/t44-,53?,55?/m0/s1. The molecule has 1 heteroatoms. The molecule has 4 aliphatic carbocycles. The van der Waals surface area contributed by atoms with Gasteiger partial charge in [-0.2, -0.15) is 0 Å². The third kappa shape index (κ3) is 6.82. The van der Waals surface area contributed by atoms with E-state index in [-0.39, 0.29) is 17.8 Å². The Labute approximate surface area is 409 Å². The van der Waals surface area contributed by atoms with E-state index in [4.69, 9.17) is 11.6 Å². The molecule has 1 heterocycles. The van der Waals surface area contributed by atoms with Crippen molar-refractivity contribution in [2.24, 2.45) is 22.7 Å². The fraction of sp³-hybridized carbons (Fsp3) is 0.0870. The summed E-state index contributed by atoms with van der Waals surface area (Å²) >= 11 is 0. The highest BCUT2D eigenvalue weighted by molar-refractivity contribution is 6.20. The van der Waals surface area contributed by atoms with Gasteiger partial charge in [-0.25, -0.2) is 0 Å². The first-order chi connectivity index (χ1) is 34.6. The minimum Gasteiger partial charge on any atom is -0.253 e. The van der Waals surface area contributed by atoms with E-state index in [2.05, 4.69) is 243 Å². The number of aryl methyl sites for hydroxylation is 1. The van der Waals surface area contributed by atoms with Crippen LogP contribution in [0.15, 0.2) is 241 Å². The fourth-order valence-electron chi connectivity index (χ4n) is 12.0. The molecule has 3 atom stereocenters. The van der Waals surface area contributed by atoms with Crippen molar-refractivity contribution in [2.45, 2.75) is 19.8 Å². The van der Waals surface area contributed by atoms with Crippen LogP contribution in [0.25, 0.3) is 67.1 Å². The van der Waals surface area contributed by atoms with Crippen molar-refractivity contribution in [3.05, 3.63) is 291 Å². The first-order valence-corrected chi connectivity index (χ1v) is 24.7. The SMILES string of the molecule is C=C(C1=c2ccccc2=C(c2cc3ccccc3cc2-c2ccccc2)C2C=CC=CC12)c1ccccc1/C(=C1/C=CC=C[C@@H]1C)c1c2c(c(C3=Nc4ccccc4CC3)c3ccccc13)C=C=C=C2. The van der Waals surface area contributed by atoms with Crippen LogP contribution in [0.1, 0.15) is 57.9 Å². The van der Waals surface area contributed by atoms with E-state index in [1.165, 1.54) is 87.7 Å². The van der Waals surface area contributed by atoms with Crippen molar-refractivity contribution in [2.75, 3.05) is 0 Å². The molecule has 0 amide bonds. The lowest BCUT2D eigenvalue weighted by molar-refractivity contribution is 0.691. The molecule has 330 valence electrons. The van der Waals surface area contributed by atoms with Crippen molar-refractivity contribution in [3.8, 4) is 11.1 Å². The van der Waals surface area contributed by atoms with Gasteiger partial charge < -0.3 is 0 Å². The van der Waals surface area contributed by atoms with Gasteiger partial charge >= 0.3 is 0 Å². The Bertz CT molecular complexity index is 3990. The molecule has 0 spiro atoms. The minimum atomic E-state index is 0.0468. The van der Waals surface area contributed by atoms with Crippen molar-refractivity contribution < 1.29 is 0 Å². The number of allylic oxidation sites excluding steroid dienone is 10. The Kier molecular flexibility index (Phi) is 10.2. The molecule has 0 radical (unpaired) electrons. The fourth-order valence-corrected chi connectivity index (χ4v) is 12.0. The van der Waals surface area contributed by atoms with Crippen molar-refractivity contribution in [3.63, 3.8) is 0 Å². The smallest absolute Gasteiger partial charge is 0.0665 e. The molecule has 1 nitrogen and oxygen atoms in total. The normalized spacial score (nSPS) is 18.9. The predicted octanol–water partition coefficient (Wildman–Crippen LogP) is 15.5. The number of rotatable bonds is 7. The topological polar surface area (TPSA) is 12.4 Å². The van der Waals surface area contributed by atoms with Crippen molar-refractivity contribution in [1.29, 1.82) is 0 Å². The van der Waals surface area contributed by atoms with Gasteiger partial charge in [-0.3, -0.25) is 4.99 Å². The maximum atomic E-state index is 5.38. The van der Waals surface area contributed by atoms with Gasteiger partial charge in [-0.15, -0.1) is 0 Å². The summed E-state index contributed by atoms with van der Waals surface area (Å²) < 4.78 is 0. The summed E-state index contributed by atoms with van der Waals surface area (Å²) in [5.41, 5.74) is 27.1. The molecule has 0 N–H and O–H groups in total. The van der Waals surface area contributed by atoms with Crippen LogP contribution in [-0.4, -0.2) is 5.71 Å². The van der Waals surface area contributed by atoms with Crippen LogP contribution in [0.5, 0.6) is 0 Å². The second-order valence-electron chi connectivity index (χ2n) is 19.1. The number of aliphatic imine (C=N–C) groups is 1. The first-order valence-electron chi connectivity index (χ1n) is 24.7. The number of hydrogen-bond donors (Lipinski definition) is 0. The van der Waals surface area contributed by atoms with Crippen molar-refractivity contribution >= 4 is 67.4 Å². The molecule has 0 fully saturated rings. The van der Waals surface area contributed by atoms with Gasteiger partial charge in [0, 0.05) is 28.7 Å². The number of benzene rings is 8. The van der Waals surface area contributed by atoms with Gasteiger partial charge in [0.05, 0.1) is 5.69 Å².